The fourth-order valence-electron chi connectivity index (χ4n) is 5.99. The second kappa shape index (κ2) is 11.0. The third-order valence-corrected chi connectivity index (χ3v) is 10.1. The average Bonchev–Trinajstić information content (AvgIpc) is 3.30. The molecule has 4 fully saturated rings. The highest BCUT2D eigenvalue weighted by molar-refractivity contribution is 6.30. The van der Waals surface area contributed by atoms with Crippen LogP contribution in [0.1, 0.15) is 70.6 Å². The molecule has 0 heterocycles. The van der Waals surface area contributed by atoms with Gasteiger partial charge in [0.05, 0.1) is 33.7 Å². The van der Waals surface area contributed by atoms with Gasteiger partial charge in [0.2, 0.25) is 11.8 Å². The summed E-state index contributed by atoms with van der Waals surface area (Å²) in [5.74, 6) is -0.209. The van der Waals surface area contributed by atoms with Crippen molar-refractivity contribution in [3.63, 3.8) is 0 Å². The Morgan fingerprint density at radius 1 is 0.667 bits per heavy atom. The molecule has 4 aliphatic rings. The number of carbonyl (C=O) groups excluding carboxylic acids is 2. The molecule has 4 rings (SSSR count). The predicted octanol–water partition coefficient (Wildman–Crippen LogP) is 4.24. The van der Waals surface area contributed by atoms with Crippen molar-refractivity contribution in [1.29, 1.82) is 0 Å². The Balaban J connectivity index is 1.18. The summed E-state index contributed by atoms with van der Waals surface area (Å²) in [6.45, 7) is 0.0601. The molecule has 2 bridgehead atoms. The molecule has 0 saturated heterocycles. The van der Waals surface area contributed by atoms with Crippen LogP contribution in [0.15, 0.2) is 0 Å². The standard InChI is InChI=1S/C23H34Cl4N2O4/c24-16-3-1-14(9-18(16)26)32-11-20(30)28-22-5-7-23(13-22,8-6-22)29-21(31)12-33-15-2-4-17(25)19(27)10-15/h14-19H,1-13H2,(H,28,30)(H,29,31). The number of halogens is 4. The van der Waals surface area contributed by atoms with Crippen molar-refractivity contribution in [2.45, 2.75) is 115 Å². The molecule has 0 aromatic carbocycles. The molecule has 0 radical (unpaired) electrons. The van der Waals surface area contributed by atoms with E-state index in [2.05, 4.69) is 10.6 Å². The van der Waals surface area contributed by atoms with Crippen LogP contribution < -0.4 is 10.6 Å². The quantitative estimate of drug-likeness (QED) is 0.449. The van der Waals surface area contributed by atoms with Gasteiger partial charge in [0.1, 0.15) is 13.2 Å². The van der Waals surface area contributed by atoms with Crippen molar-refractivity contribution >= 4 is 58.2 Å². The van der Waals surface area contributed by atoms with E-state index in [0.717, 1.165) is 57.8 Å². The molecular weight excluding hydrogens is 510 g/mol. The summed E-state index contributed by atoms with van der Waals surface area (Å²) >= 11 is 24.8. The van der Waals surface area contributed by atoms with E-state index < -0.39 is 0 Å². The predicted molar refractivity (Wildman–Crippen MR) is 131 cm³/mol. The third kappa shape index (κ3) is 6.62. The van der Waals surface area contributed by atoms with Gasteiger partial charge < -0.3 is 20.1 Å². The largest absolute Gasteiger partial charge is 0.368 e. The molecule has 6 unspecified atom stereocenters. The Hall–Kier alpha value is 0.0200. The molecule has 0 aliphatic heterocycles. The summed E-state index contributed by atoms with van der Waals surface area (Å²) in [6, 6.07) is 0. The first-order valence-corrected chi connectivity index (χ1v) is 13.8. The number of hydrogen-bond acceptors (Lipinski definition) is 4. The van der Waals surface area contributed by atoms with Crippen LogP contribution in [0.25, 0.3) is 0 Å². The lowest BCUT2D eigenvalue weighted by molar-refractivity contribution is -0.130. The van der Waals surface area contributed by atoms with Crippen LogP contribution in [-0.4, -0.2) is 69.8 Å². The van der Waals surface area contributed by atoms with E-state index >= 15 is 0 Å². The van der Waals surface area contributed by atoms with Crippen LogP contribution in [0, 0.1) is 0 Å². The van der Waals surface area contributed by atoms with Crippen molar-refractivity contribution in [3.05, 3.63) is 0 Å². The van der Waals surface area contributed by atoms with Gasteiger partial charge in [-0.05, 0) is 70.6 Å². The molecule has 4 aliphatic carbocycles. The highest BCUT2D eigenvalue weighted by atomic mass is 35.5. The number of hydrogen-bond donors (Lipinski definition) is 2. The summed E-state index contributed by atoms with van der Waals surface area (Å²) in [7, 11) is 0. The van der Waals surface area contributed by atoms with Gasteiger partial charge in [-0.2, -0.15) is 0 Å². The van der Waals surface area contributed by atoms with Crippen LogP contribution in [0.3, 0.4) is 0 Å². The molecule has 6 atom stereocenters. The molecule has 4 saturated carbocycles. The van der Waals surface area contributed by atoms with E-state index in [-0.39, 0.29) is 69.8 Å². The van der Waals surface area contributed by atoms with E-state index in [1.165, 1.54) is 0 Å². The number of nitrogens with one attached hydrogen (secondary N) is 2. The van der Waals surface area contributed by atoms with Crippen LogP contribution in [0.4, 0.5) is 0 Å². The molecule has 6 nitrogen and oxygen atoms in total. The van der Waals surface area contributed by atoms with Crippen LogP contribution >= 0.6 is 46.4 Å². The molecule has 0 aromatic rings. The molecule has 33 heavy (non-hydrogen) atoms. The molecule has 10 heteroatoms. The Kier molecular flexibility index (Phi) is 8.67. The minimum atomic E-state index is -0.262. The Morgan fingerprint density at radius 2 is 1.06 bits per heavy atom. The Bertz CT molecular complexity index is 661. The van der Waals surface area contributed by atoms with Gasteiger partial charge in [-0.15, -0.1) is 46.4 Å². The Labute approximate surface area is 216 Å². The van der Waals surface area contributed by atoms with Crippen molar-refractivity contribution in [2.24, 2.45) is 0 Å². The first kappa shape index (κ1) is 26.1. The van der Waals surface area contributed by atoms with Gasteiger partial charge in [0, 0.05) is 11.1 Å². The molecule has 0 spiro atoms. The molecule has 2 amide bonds. The zero-order valence-electron chi connectivity index (χ0n) is 18.8. The van der Waals surface area contributed by atoms with Gasteiger partial charge >= 0.3 is 0 Å². The van der Waals surface area contributed by atoms with Crippen molar-refractivity contribution in [1.82, 2.24) is 10.6 Å². The van der Waals surface area contributed by atoms with Gasteiger partial charge in [-0.25, -0.2) is 0 Å². The number of amides is 2. The maximum atomic E-state index is 12.6. The Morgan fingerprint density at radius 3 is 1.42 bits per heavy atom. The molecule has 0 aromatic heterocycles. The maximum Gasteiger partial charge on any atom is 0.246 e. The first-order chi connectivity index (χ1) is 15.7. The minimum Gasteiger partial charge on any atom is -0.368 e. The van der Waals surface area contributed by atoms with E-state index in [9.17, 15) is 9.59 Å². The van der Waals surface area contributed by atoms with Crippen LogP contribution in [0.5, 0.6) is 0 Å². The molecule has 188 valence electrons. The van der Waals surface area contributed by atoms with Crippen molar-refractivity contribution in [2.75, 3.05) is 13.2 Å². The fraction of sp³-hybridized carbons (Fsp3) is 0.913. The van der Waals surface area contributed by atoms with E-state index in [0.29, 0.717) is 12.8 Å². The number of rotatable bonds is 8. The summed E-state index contributed by atoms with van der Waals surface area (Å²) in [5, 5.41) is 6.12. The van der Waals surface area contributed by atoms with Crippen molar-refractivity contribution < 1.29 is 19.1 Å². The lowest BCUT2D eigenvalue weighted by Crippen LogP contribution is -2.48. The van der Waals surface area contributed by atoms with Crippen LogP contribution in [-0.2, 0) is 19.1 Å². The zero-order valence-corrected chi connectivity index (χ0v) is 21.8. The van der Waals surface area contributed by atoms with Gasteiger partial charge in [0.15, 0.2) is 0 Å². The van der Waals surface area contributed by atoms with E-state index in [1.54, 1.807) is 0 Å². The summed E-state index contributed by atoms with van der Waals surface area (Å²) in [5.41, 5.74) is -0.524. The smallest absolute Gasteiger partial charge is 0.246 e. The average molecular weight is 544 g/mol. The fourth-order valence-corrected chi connectivity index (χ4v) is 7.09. The summed E-state index contributed by atoms with van der Waals surface area (Å²) < 4.78 is 11.6. The normalized spacial score (nSPS) is 42.8. The van der Waals surface area contributed by atoms with Gasteiger partial charge in [-0.3, -0.25) is 9.59 Å². The molecule has 2 N–H and O–H groups in total. The minimum absolute atomic E-state index is 0.0233. The maximum absolute atomic E-state index is 12.6. The second-order valence-corrected chi connectivity index (χ2v) is 12.6. The molecular formula is C23H34Cl4N2O4. The monoisotopic (exact) mass is 542 g/mol. The number of carbonyl (C=O) groups is 2. The first-order valence-electron chi connectivity index (χ1n) is 12.1. The highest BCUT2D eigenvalue weighted by Gasteiger charge is 2.55. The van der Waals surface area contributed by atoms with E-state index in [1.807, 2.05) is 0 Å². The number of alkyl halides is 4. The summed E-state index contributed by atoms with van der Waals surface area (Å²) in [6.07, 6.45) is 8.73. The highest BCUT2D eigenvalue weighted by Crippen LogP contribution is 2.50. The van der Waals surface area contributed by atoms with Crippen molar-refractivity contribution in [3.8, 4) is 0 Å². The second-order valence-electron chi connectivity index (χ2n) is 10.4. The zero-order chi connectivity index (χ0) is 23.6. The van der Waals surface area contributed by atoms with Crippen LogP contribution in [0.2, 0.25) is 0 Å². The number of ether oxygens (including phenoxy) is 2. The number of fused-ring (bicyclic) bond motifs is 2. The van der Waals surface area contributed by atoms with Gasteiger partial charge in [-0.1, -0.05) is 0 Å². The summed E-state index contributed by atoms with van der Waals surface area (Å²) in [4.78, 5) is 25.2. The van der Waals surface area contributed by atoms with E-state index in [4.69, 9.17) is 55.9 Å². The third-order valence-electron chi connectivity index (χ3n) is 7.84. The topological polar surface area (TPSA) is 76.7 Å². The lowest BCUT2D eigenvalue weighted by Gasteiger charge is -2.31. The SMILES string of the molecule is O=C(COC1CCC(Cl)C(Cl)C1)NC12CCC(NC(=O)COC3CCC(Cl)C(Cl)C3)(CC1)C2. The lowest BCUT2D eigenvalue weighted by atomic mass is 9.91. The van der Waals surface area contributed by atoms with Gasteiger partial charge in [0.25, 0.3) is 0 Å².